The van der Waals surface area contributed by atoms with Crippen molar-refractivity contribution in [3.05, 3.63) is 92.5 Å². The lowest BCUT2D eigenvalue weighted by atomic mass is 9.73. The van der Waals surface area contributed by atoms with Gasteiger partial charge >= 0.3 is 11.9 Å². The molecule has 1 aliphatic heterocycles. The van der Waals surface area contributed by atoms with Crippen molar-refractivity contribution in [2.75, 3.05) is 0 Å². The second-order valence-electron chi connectivity index (χ2n) is 8.77. The predicted molar refractivity (Wildman–Crippen MR) is 132 cm³/mol. The first kappa shape index (κ1) is 24.3. The highest BCUT2D eigenvalue weighted by molar-refractivity contribution is 6.00. The summed E-state index contributed by atoms with van der Waals surface area (Å²) in [5.74, 6) is -1.83. The first-order valence-electron chi connectivity index (χ1n) is 12.0. The number of benzene rings is 3. The molecule has 0 aliphatic carbocycles. The van der Waals surface area contributed by atoms with Gasteiger partial charge in [0.2, 0.25) is 0 Å². The average Bonchev–Trinajstić information content (AvgIpc) is 3.15. The summed E-state index contributed by atoms with van der Waals surface area (Å²) in [5, 5.41) is 32.6. The first-order chi connectivity index (χ1) is 16.7. The van der Waals surface area contributed by atoms with E-state index in [2.05, 4.69) is 0 Å². The lowest BCUT2D eigenvalue weighted by molar-refractivity contribution is 0.0234. The van der Waals surface area contributed by atoms with E-state index in [1.165, 1.54) is 12.1 Å². The molecule has 0 unspecified atom stereocenters. The second kappa shape index (κ2) is 9.10. The average molecular weight is 475 g/mol. The van der Waals surface area contributed by atoms with Gasteiger partial charge in [0, 0.05) is 5.56 Å². The van der Waals surface area contributed by atoms with Gasteiger partial charge in [-0.15, -0.1) is 0 Å². The number of phenols is 2. The Morgan fingerprint density at radius 1 is 0.771 bits per heavy atom. The van der Waals surface area contributed by atoms with E-state index >= 15 is 0 Å². The zero-order valence-electron chi connectivity index (χ0n) is 20.4. The Balaban J connectivity index is 2.24. The molecular formula is C29H30O6. The second-order valence-corrected chi connectivity index (χ2v) is 8.77. The molecule has 0 saturated carbocycles. The Bertz CT molecular complexity index is 1280. The van der Waals surface area contributed by atoms with Gasteiger partial charge in [0.1, 0.15) is 11.5 Å². The molecule has 3 N–H and O–H groups in total. The molecule has 0 radical (unpaired) electrons. The fourth-order valence-corrected chi connectivity index (χ4v) is 5.20. The number of hydrogen-bond acceptors (Lipinski definition) is 5. The Morgan fingerprint density at radius 3 is 1.66 bits per heavy atom. The normalized spacial score (nSPS) is 14.0. The van der Waals surface area contributed by atoms with Crippen molar-refractivity contribution < 1.29 is 29.6 Å². The highest BCUT2D eigenvalue weighted by Crippen LogP contribution is 2.55. The van der Waals surface area contributed by atoms with Crippen LogP contribution in [-0.2, 0) is 36.0 Å². The van der Waals surface area contributed by atoms with Gasteiger partial charge in [0.05, 0.1) is 22.3 Å². The number of carbonyl (C=O) groups excluding carboxylic acids is 1. The molecule has 3 aromatic rings. The fraction of sp³-hybridized carbons (Fsp3) is 0.310. The number of aromatic hydroxyl groups is 2. The molecule has 0 saturated heterocycles. The van der Waals surface area contributed by atoms with Crippen LogP contribution in [0.25, 0.3) is 0 Å². The molecule has 1 aliphatic rings. The van der Waals surface area contributed by atoms with E-state index in [9.17, 15) is 24.9 Å². The van der Waals surface area contributed by atoms with Crippen LogP contribution in [0.5, 0.6) is 11.5 Å². The molecule has 0 fully saturated rings. The van der Waals surface area contributed by atoms with E-state index in [1.807, 2.05) is 52.0 Å². The minimum Gasteiger partial charge on any atom is -0.507 e. The van der Waals surface area contributed by atoms with Crippen molar-refractivity contribution in [1.82, 2.24) is 0 Å². The number of hydrogen-bond donors (Lipinski definition) is 3. The van der Waals surface area contributed by atoms with Crippen LogP contribution in [0.15, 0.2) is 42.5 Å². The number of fused-ring (bicyclic) bond motifs is 1. The maximum absolute atomic E-state index is 13.4. The third-order valence-corrected chi connectivity index (χ3v) is 7.03. The van der Waals surface area contributed by atoms with Gasteiger partial charge < -0.3 is 20.1 Å². The van der Waals surface area contributed by atoms with Crippen LogP contribution in [-0.4, -0.2) is 27.3 Å². The van der Waals surface area contributed by atoms with Crippen molar-refractivity contribution >= 4 is 11.9 Å². The standard InChI is InChI=1S/C29H30O6/c1-5-16-9-11-18(7-3)25(30)23(16)29(24-17(6-2)10-12-19(8-4)26(24)31)22-14-13-20(27(32)33)15-21(22)28(34)35-29/h9-15,30-31H,5-8H2,1-4H3,(H,32,33). The van der Waals surface area contributed by atoms with Crippen LogP contribution in [0.1, 0.15) is 87.4 Å². The third kappa shape index (κ3) is 3.55. The van der Waals surface area contributed by atoms with Gasteiger partial charge in [-0.25, -0.2) is 9.59 Å². The van der Waals surface area contributed by atoms with Crippen molar-refractivity contribution in [2.24, 2.45) is 0 Å². The van der Waals surface area contributed by atoms with E-state index in [1.54, 1.807) is 6.07 Å². The molecule has 6 nitrogen and oxygen atoms in total. The summed E-state index contributed by atoms with van der Waals surface area (Å²) < 4.78 is 6.22. The number of carboxylic acid groups (broad SMARTS) is 1. The molecule has 0 amide bonds. The molecule has 182 valence electrons. The summed E-state index contributed by atoms with van der Waals surface area (Å²) >= 11 is 0. The summed E-state index contributed by atoms with van der Waals surface area (Å²) in [7, 11) is 0. The summed E-state index contributed by atoms with van der Waals surface area (Å²) in [5.41, 5.74) is 2.57. The molecule has 1 heterocycles. The molecular weight excluding hydrogens is 444 g/mol. The van der Waals surface area contributed by atoms with Gasteiger partial charge in [-0.05, 0) is 60.1 Å². The van der Waals surface area contributed by atoms with Crippen molar-refractivity contribution in [1.29, 1.82) is 0 Å². The van der Waals surface area contributed by atoms with Crippen LogP contribution >= 0.6 is 0 Å². The molecule has 0 atom stereocenters. The number of aryl methyl sites for hydroxylation is 4. The monoisotopic (exact) mass is 474 g/mol. The van der Waals surface area contributed by atoms with Gasteiger partial charge in [-0.3, -0.25) is 0 Å². The Kier molecular flexibility index (Phi) is 6.32. The number of rotatable bonds is 7. The molecule has 0 spiro atoms. The number of carbonyl (C=O) groups is 2. The van der Waals surface area contributed by atoms with Crippen LogP contribution in [0.2, 0.25) is 0 Å². The number of esters is 1. The summed E-state index contributed by atoms with van der Waals surface area (Å²) in [6, 6.07) is 11.9. The van der Waals surface area contributed by atoms with Gasteiger partial charge in [0.15, 0.2) is 5.60 Å². The van der Waals surface area contributed by atoms with Gasteiger partial charge in [-0.2, -0.15) is 0 Å². The molecule has 0 aromatic heterocycles. The lowest BCUT2D eigenvalue weighted by Gasteiger charge is -2.35. The van der Waals surface area contributed by atoms with E-state index in [-0.39, 0.29) is 22.6 Å². The van der Waals surface area contributed by atoms with E-state index < -0.39 is 17.5 Å². The van der Waals surface area contributed by atoms with Crippen LogP contribution in [0, 0.1) is 0 Å². The molecule has 35 heavy (non-hydrogen) atoms. The maximum Gasteiger partial charge on any atom is 0.340 e. The highest BCUT2D eigenvalue weighted by Gasteiger charge is 2.53. The van der Waals surface area contributed by atoms with Crippen LogP contribution in [0.3, 0.4) is 0 Å². The number of carboxylic acids is 1. The van der Waals surface area contributed by atoms with E-state index in [4.69, 9.17) is 4.74 Å². The summed E-state index contributed by atoms with van der Waals surface area (Å²) in [6.07, 6.45) is 2.20. The van der Waals surface area contributed by atoms with Gasteiger partial charge in [-0.1, -0.05) is 58.0 Å². The van der Waals surface area contributed by atoms with E-state index in [0.717, 1.165) is 11.1 Å². The third-order valence-electron chi connectivity index (χ3n) is 7.03. The number of aromatic carboxylic acids is 1. The minimum atomic E-state index is -1.63. The smallest absolute Gasteiger partial charge is 0.340 e. The van der Waals surface area contributed by atoms with Crippen molar-refractivity contribution in [3.8, 4) is 11.5 Å². The lowest BCUT2D eigenvalue weighted by Crippen LogP contribution is -2.33. The SMILES string of the molecule is CCc1ccc(CC)c(C2(c3c(CC)ccc(CC)c3O)OC(=O)c3cc(C(=O)O)ccc32)c1O. The van der Waals surface area contributed by atoms with Crippen molar-refractivity contribution in [2.45, 2.75) is 59.0 Å². The summed E-state index contributed by atoms with van der Waals surface area (Å²) in [4.78, 5) is 25.0. The molecule has 4 rings (SSSR count). The maximum atomic E-state index is 13.4. The Hall–Kier alpha value is -3.80. The Labute approximate surface area is 204 Å². The fourth-order valence-electron chi connectivity index (χ4n) is 5.20. The number of cyclic esters (lactones) is 1. The van der Waals surface area contributed by atoms with Crippen LogP contribution in [0.4, 0.5) is 0 Å². The zero-order chi connectivity index (χ0) is 25.5. The molecule has 0 bridgehead atoms. The molecule has 3 aromatic carbocycles. The highest BCUT2D eigenvalue weighted by atomic mass is 16.6. The largest absolute Gasteiger partial charge is 0.507 e. The van der Waals surface area contributed by atoms with Crippen molar-refractivity contribution in [3.63, 3.8) is 0 Å². The first-order valence-corrected chi connectivity index (χ1v) is 12.0. The van der Waals surface area contributed by atoms with Crippen LogP contribution < -0.4 is 0 Å². The number of ether oxygens (including phenoxy) is 1. The van der Waals surface area contributed by atoms with Gasteiger partial charge in [0.25, 0.3) is 0 Å². The predicted octanol–water partition coefficient (Wildman–Crippen LogP) is 5.51. The Morgan fingerprint density at radius 2 is 1.23 bits per heavy atom. The topological polar surface area (TPSA) is 104 Å². The number of phenolic OH excluding ortho intramolecular Hbond substituents is 2. The van der Waals surface area contributed by atoms with E-state index in [0.29, 0.717) is 53.5 Å². The zero-order valence-corrected chi connectivity index (χ0v) is 20.4. The molecule has 6 heteroatoms. The quantitative estimate of drug-likeness (QED) is 0.390. The summed E-state index contributed by atoms with van der Waals surface area (Å²) in [6.45, 7) is 7.76. The minimum absolute atomic E-state index is 0.0122.